The summed E-state index contributed by atoms with van der Waals surface area (Å²) in [4.78, 5) is 4.19. The van der Waals surface area contributed by atoms with Crippen molar-refractivity contribution >= 4 is 32.8 Å². The van der Waals surface area contributed by atoms with Crippen LogP contribution in [-0.4, -0.2) is 17.8 Å². The molecule has 92 valence electrons. The molecule has 0 fully saturated rings. The van der Waals surface area contributed by atoms with E-state index in [9.17, 15) is 8.42 Å². The SMILES string of the molecule is O=S(=O)(Nc1cn2ccccc2n1)c1cccs1. The largest absolute Gasteiger partial charge is 0.305 e. The van der Waals surface area contributed by atoms with Gasteiger partial charge in [-0.15, -0.1) is 11.3 Å². The molecule has 0 aliphatic carbocycles. The van der Waals surface area contributed by atoms with Gasteiger partial charge in [0, 0.05) is 6.20 Å². The summed E-state index contributed by atoms with van der Waals surface area (Å²) in [6, 6.07) is 8.76. The van der Waals surface area contributed by atoms with Crippen molar-refractivity contribution in [2.45, 2.75) is 4.21 Å². The molecule has 0 aromatic carbocycles. The lowest BCUT2D eigenvalue weighted by Gasteiger charge is -2.01. The molecule has 0 saturated carbocycles. The number of aromatic nitrogens is 2. The second-order valence-electron chi connectivity index (χ2n) is 3.63. The van der Waals surface area contributed by atoms with Crippen LogP contribution in [0.15, 0.2) is 52.3 Å². The summed E-state index contributed by atoms with van der Waals surface area (Å²) in [6.45, 7) is 0. The smallest absolute Gasteiger partial charge is 0.272 e. The number of pyridine rings is 1. The van der Waals surface area contributed by atoms with E-state index in [4.69, 9.17) is 0 Å². The lowest BCUT2D eigenvalue weighted by Crippen LogP contribution is -2.11. The van der Waals surface area contributed by atoms with E-state index in [2.05, 4.69) is 9.71 Å². The fourth-order valence-corrected chi connectivity index (χ4v) is 3.57. The Bertz CT molecular complexity index is 743. The fourth-order valence-electron chi connectivity index (χ4n) is 1.59. The Morgan fingerprint density at radius 1 is 1.22 bits per heavy atom. The molecule has 3 heterocycles. The molecule has 3 aromatic rings. The minimum Gasteiger partial charge on any atom is -0.305 e. The highest BCUT2D eigenvalue weighted by Gasteiger charge is 2.16. The first-order valence-electron chi connectivity index (χ1n) is 5.15. The molecule has 7 heteroatoms. The van der Waals surface area contributed by atoms with Gasteiger partial charge >= 0.3 is 0 Å². The van der Waals surface area contributed by atoms with Gasteiger partial charge in [-0.2, -0.15) is 0 Å². The molecule has 0 saturated heterocycles. The molecule has 3 rings (SSSR count). The van der Waals surface area contributed by atoms with E-state index in [-0.39, 0.29) is 4.21 Å². The highest BCUT2D eigenvalue weighted by Crippen LogP contribution is 2.19. The van der Waals surface area contributed by atoms with Crippen LogP contribution in [0.3, 0.4) is 0 Å². The van der Waals surface area contributed by atoms with Crippen molar-refractivity contribution in [3.05, 3.63) is 48.1 Å². The summed E-state index contributed by atoms with van der Waals surface area (Å²) in [7, 11) is -3.52. The molecule has 3 aromatic heterocycles. The van der Waals surface area contributed by atoms with Gasteiger partial charge in [0.15, 0.2) is 5.82 Å². The first-order valence-corrected chi connectivity index (χ1v) is 7.51. The van der Waals surface area contributed by atoms with E-state index in [1.165, 1.54) is 11.3 Å². The highest BCUT2D eigenvalue weighted by molar-refractivity contribution is 7.94. The Morgan fingerprint density at radius 3 is 2.83 bits per heavy atom. The van der Waals surface area contributed by atoms with E-state index < -0.39 is 10.0 Å². The van der Waals surface area contributed by atoms with Crippen LogP contribution in [0.2, 0.25) is 0 Å². The van der Waals surface area contributed by atoms with E-state index >= 15 is 0 Å². The number of fused-ring (bicyclic) bond motifs is 1. The predicted molar refractivity (Wildman–Crippen MR) is 70.3 cm³/mol. The van der Waals surface area contributed by atoms with Crippen LogP contribution in [0.4, 0.5) is 5.82 Å². The molecule has 0 aliphatic rings. The first-order chi connectivity index (χ1) is 8.65. The average Bonchev–Trinajstić information content (AvgIpc) is 2.96. The number of hydrogen-bond acceptors (Lipinski definition) is 4. The molecule has 0 spiro atoms. The fraction of sp³-hybridized carbons (Fsp3) is 0. The van der Waals surface area contributed by atoms with Crippen LogP contribution in [0, 0.1) is 0 Å². The standard InChI is InChI=1S/C11H9N3O2S2/c15-18(16,11-5-3-7-17-11)13-9-8-14-6-2-1-4-10(14)12-9/h1-8,13H. The molecule has 0 atom stereocenters. The maximum absolute atomic E-state index is 12.0. The minimum atomic E-state index is -3.52. The number of rotatable bonds is 3. The summed E-state index contributed by atoms with van der Waals surface area (Å²) in [5.74, 6) is 0.314. The van der Waals surface area contributed by atoms with Crippen LogP contribution in [0.1, 0.15) is 0 Å². The Balaban J connectivity index is 1.97. The molecule has 0 unspecified atom stereocenters. The third-order valence-corrected chi connectivity index (χ3v) is 5.12. The first kappa shape index (κ1) is 11.2. The van der Waals surface area contributed by atoms with Crippen molar-refractivity contribution in [3.63, 3.8) is 0 Å². The van der Waals surface area contributed by atoms with E-state index in [1.807, 2.05) is 24.4 Å². The van der Waals surface area contributed by atoms with Gasteiger partial charge in [-0.3, -0.25) is 4.72 Å². The summed E-state index contributed by atoms with van der Waals surface area (Å²) >= 11 is 1.17. The molecule has 5 nitrogen and oxygen atoms in total. The monoisotopic (exact) mass is 279 g/mol. The maximum Gasteiger partial charge on any atom is 0.272 e. The third kappa shape index (κ3) is 1.98. The normalized spacial score (nSPS) is 11.8. The molecule has 1 N–H and O–H groups in total. The van der Waals surface area contributed by atoms with Crippen molar-refractivity contribution in [1.82, 2.24) is 9.38 Å². The van der Waals surface area contributed by atoms with Crippen LogP contribution >= 0.6 is 11.3 Å². The van der Waals surface area contributed by atoms with Crippen molar-refractivity contribution in [1.29, 1.82) is 0 Å². The summed E-state index contributed by atoms with van der Waals surface area (Å²) < 4.78 is 28.5. The topological polar surface area (TPSA) is 63.5 Å². The van der Waals surface area contributed by atoms with Crippen molar-refractivity contribution in [3.8, 4) is 0 Å². The van der Waals surface area contributed by atoms with E-state index in [1.54, 1.807) is 28.1 Å². The molecule has 0 aliphatic heterocycles. The van der Waals surface area contributed by atoms with Gasteiger partial charge in [0.05, 0.1) is 6.20 Å². The van der Waals surface area contributed by atoms with Crippen LogP contribution in [0.25, 0.3) is 5.65 Å². The number of nitrogens with one attached hydrogen (secondary N) is 1. The molecule has 0 amide bonds. The summed E-state index contributed by atoms with van der Waals surface area (Å²) in [5, 5.41) is 1.72. The zero-order valence-corrected chi connectivity index (χ0v) is 10.8. The van der Waals surface area contributed by atoms with E-state index in [0.29, 0.717) is 11.5 Å². The van der Waals surface area contributed by atoms with Gasteiger partial charge < -0.3 is 4.40 Å². The molecule has 0 radical (unpaired) electrons. The van der Waals surface area contributed by atoms with Crippen LogP contribution in [0.5, 0.6) is 0 Å². The average molecular weight is 279 g/mol. The zero-order valence-electron chi connectivity index (χ0n) is 9.15. The highest BCUT2D eigenvalue weighted by atomic mass is 32.2. The Labute approximate surface area is 108 Å². The Hall–Kier alpha value is -1.86. The van der Waals surface area contributed by atoms with Gasteiger partial charge in [-0.1, -0.05) is 12.1 Å². The second-order valence-corrected chi connectivity index (χ2v) is 6.49. The Kier molecular flexibility index (Phi) is 2.57. The van der Waals surface area contributed by atoms with Crippen molar-refractivity contribution < 1.29 is 8.42 Å². The van der Waals surface area contributed by atoms with Gasteiger partial charge in [0.2, 0.25) is 0 Å². The van der Waals surface area contributed by atoms with Crippen LogP contribution in [-0.2, 0) is 10.0 Å². The van der Waals surface area contributed by atoms with Crippen molar-refractivity contribution in [2.24, 2.45) is 0 Å². The lowest BCUT2D eigenvalue weighted by atomic mass is 10.5. The lowest BCUT2D eigenvalue weighted by molar-refractivity contribution is 0.603. The zero-order chi connectivity index (χ0) is 12.6. The summed E-state index contributed by atoms with van der Waals surface area (Å²) in [5.41, 5.74) is 0.696. The third-order valence-electron chi connectivity index (χ3n) is 2.36. The minimum absolute atomic E-state index is 0.277. The van der Waals surface area contributed by atoms with Gasteiger partial charge in [0.1, 0.15) is 9.86 Å². The van der Waals surface area contributed by atoms with Gasteiger partial charge in [0.25, 0.3) is 10.0 Å². The molecular weight excluding hydrogens is 270 g/mol. The number of hydrogen-bond donors (Lipinski definition) is 1. The van der Waals surface area contributed by atoms with E-state index in [0.717, 1.165) is 0 Å². The maximum atomic E-state index is 12.0. The molecule has 18 heavy (non-hydrogen) atoms. The Morgan fingerprint density at radius 2 is 2.11 bits per heavy atom. The number of thiophene rings is 1. The number of nitrogens with zero attached hydrogens (tertiary/aromatic N) is 2. The van der Waals surface area contributed by atoms with Gasteiger partial charge in [-0.25, -0.2) is 13.4 Å². The number of sulfonamides is 1. The second kappa shape index (κ2) is 4.11. The quantitative estimate of drug-likeness (QED) is 0.799. The molecule has 0 bridgehead atoms. The summed E-state index contributed by atoms with van der Waals surface area (Å²) in [6.07, 6.45) is 3.45. The molecular formula is C11H9N3O2S2. The van der Waals surface area contributed by atoms with Crippen molar-refractivity contribution in [2.75, 3.05) is 4.72 Å². The number of imidazole rings is 1. The predicted octanol–water partition coefficient (Wildman–Crippen LogP) is 2.20. The number of anilines is 1. The van der Waals surface area contributed by atoms with Crippen LogP contribution < -0.4 is 4.72 Å². The van der Waals surface area contributed by atoms with Gasteiger partial charge in [-0.05, 0) is 23.6 Å².